The van der Waals surface area contributed by atoms with Crippen molar-refractivity contribution in [3.63, 3.8) is 0 Å². The molecule has 8 heteroatoms. The maximum absolute atomic E-state index is 13.5. The van der Waals surface area contributed by atoms with Crippen molar-refractivity contribution in [3.05, 3.63) is 92.1 Å². The van der Waals surface area contributed by atoms with Crippen molar-refractivity contribution in [1.29, 1.82) is 0 Å². The standard InChI is InChI=1S/C27H21BrClN3O3/c1-3-16(2)34-25-18(12-19(29)14-21(25)28)15-30-32-26(24-13-17-8-4-7-11-23(17)35-24)31-22-10-6-5-9-20(22)27(32)33/h4-16H,3H2,1-2H3/t16-/m1/s1. The lowest BCUT2D eigenvalue weighted by atomic mass is 10.2. The van der Waals surface area contributed by atoms with Gasteiger partial charge in [-0.05, 0) is 65.7 Å². The summed E-state index contributed by atoms with van der Waals surface area (Å²) in [5.74, 6) is 1.33. The summed E-state index contributed by atoms with van der Waals surface area (Å²) in [7, 11) is 0. The molecule has 3 aromatic carbocycles. The monoisotopic (exact) mass is 549 g/mol. The van der Waals surface area contributed by atoms with E-state index in [-0.39, 0.29) is 11.7 Å². The van der Waals surface area contributed by atoms with Crippen molar-refractivity contribution < 1.29 is 9.15 Å². The summed E-state index contributed by atoms with van der Waals surface area (Å²) in [5, 5.41) is 6.41. The SMILES string of the molecule is CC[C@@H](C)Oc1c(Br)cc(Cl)cc1C=Nn1c(-c2cc3ccccc3o2)nc2ccccc2c1=O. The van der Waals surface area contributed by atoms with E-state index in [0.29, 0.717) is 48.9 Å². The number of fused-ring (bicyclic) bond motifs is 2. The fourth-order valence-electron chi connectivity index (χ4n) is 3.69. The van der Waals surface area contributed by atoms with Gasteiger partial charge in [0, 0.05) is 16.0 Å². The molecule has 0 amide bonds. The summed E-state index contributed by atoms with van der Waals surface area (Å²) in [4.78, 5) is 18.2. The highest BCUT2D eigenvalue weighted by Gasteiger charge is 2.17. The normalized spacial score (nSPS) is 12.6. The topological polar surface area (TPSA) is 69.6 Å². The van der Waals surface area contributed by atoms with Gasteiger partial charge < -0.3 is 9.15 Å². The number of benzene rings is 3. The molecular formula is C27H21BrClN3O3. The maximum Gasteiger partial charge on any atom is 0.282 e. The molecule has 0 spiro atoms. The Kier molecular flexibility index (Phi) is 6.45. The third-order valence-corrected chi connectivity index (χ3v) is 6.45. The Hall–Kier alpha value is -3.42. The molecule has 0 unspecified atom stereocenters. The van der Waals surface area contributed by atoms with Crippen LogP contribution in [0, 0.1) is 0 Å². The maximum atomic E-state index is 13.5. The second-order valence-electron chi connectivity index (χ2n) is 8.11. The Morgan fingerprint density at radius 1 is 1.17 bits per heavy atom. The number of ether oxygens (including phenoxy) is 1. The number of rotatable bonds is 6. The third-order valence-electron chi connectivity index (χ3n) is 5.64. The third kappa shape index (κ3) is 4.61. The van der Waals surface area contributed by atoms with Gasteiger partial charge in [-0.3, -0.25) is 4.79 Å². The van der Waals surface area contributed by atoms with E-state index in [9.17, 15) is 4.79 Å². The fourth-order valence-corrected chi connectivity index (χ4v) is 4.61. The van der Waals surface area contributed by atoms with Crippen LogP contribution in [-0.2, 0) is 0 Å². The minimum Gasteiger partial charge on any atom is -0.489 e. The summed E-state index contributed by atoms with van der Waals surface area (Å²) >= 11 is 9.85. The molecular weight excluding hydrogens is 530 g/mol. The Morgan fingerprint density at radius 2 is 1.94 bits per heavy atom. The van der Waals surface area contributed by atoms with Crippen LogP contribution in [0.1, 0.15) is 25.8 Å². The smallest absolute Gasteiger partial charge is 0.282 e. The Bertz CT molecular complexity index is 1610. The predicted molar refractivity (Wildman–Crippen MR) is 144 cm³/mol. The molecule has 0 N–H and O–H groups in total. The van der Waals surface area contributed by atoms with Crippen LogP contribution in [0.4, 0.5) is 0 Å². The van der Waals surface area contributed by atoms with Crippen LogP contribution in [-0.4, -0.2) is 22.0 Å². The molecule has 0 bridgehead atoms. The molecule has 0 fully saturated rings. The zero-order valence-corrected chi connectivity index (χ0v) is 21.4. The van der Waals surface area contributed by atoms with Crippen LogP contribution >= 0.6 is 27.5 Å². The molecule has 0 radical (unpaired) electrons. The summed E-state index contributed by atoms with van der Waals surface area (Å²) in [6, 6.07) is 20.2. The van der Waals surface area contributed by atoms with E-state index in [4.69, 9.17) is 25.7 Å². The number of para-hydroxylation sites is 2. The van der Waals surface area contributed by atoms with Crippen LogP contribution in [0.15, 0.2) is 85.5 Å². The molecule has 35 heavy (non-hydrogen) atoms. The second kappa shape index (κ2) is 9.68. The van der Waals surface area contributed by atoms with E-state index in [1.807, 2.05) is 50.2 Å². The van der Waals surface area contributed by atoms with Gasteiger partial charge >= 0.3 is 0 Å². The Balaban J connectivity index is 1.70. The molecule has 0 aliphatic rings. The molecule has 6 nitrogen and oxygen atoms in total. The lowest BCUT2D eigenvalue weighted by Gasteiger charge is -2.16. The van der Waals surface area contributed by atoms with E-state index in [1.165, 1.54) is 4.68 Å². The van der Waals surface area contributed by atoms with Crippen LogP contribution < -0.4 is 10.3 Å². The molecule has 0 aliphatic carbocycles. The molecule has 5 aromatic rings. The molecule has 2 aromatic heterocycles. The minimum atomic E-state index is -0.312. The van der Waals surface area contributed by atoms with Gasteiger partial charge in [0.15, 0.2) is 5.76 Å². The lowest BCUT2D eigenvalue weighted by Crippen LogP contribution is -2.20. The van der Waals surface area contributed by atoms with Gasteiger partial charge in [-0.1, -0.05) is 48.9 Å². The first-order chi connectivity index (χ1) is 16.9. The molecule has 0 saturated heterocycles. The molecule has 0 aliphatic heterocycles. The van der Waals surface area contributed by atoms with Gasteiger partial charge in [-0.15, -0.1) is 0 Å². The molecule has 176 valence electrons. The largest absolute Gasteiger partial charge is 0.489 e. The van der Waals surface area contributed by atoms with E-state index in [0.717, 1.165) is 11.8 Å². The number of nitrogens with zero attached hydrogens (tertiary/aromatic N) is 3. The van der Waals surface area contributed by atoms with Gasteiger partial charge in [-0.25, -0.2) is 4.98 Å². The van der Waals surface area contributed by atoms with Gasteiger partial charge in [0.2, 0.25) is 5.82 Å². The summed E-state index contributed by atoms with van der Waals surface area (Å²) in [6.07, 6.45) is 2.37. The first-order valence-corrected chi connectivity index (χ1v) is 12.3. The van der Waals surface area contributed by atoms with Crippen LogP contribution in [0.5, 0.6) is 5.75 Å². The minimum absolute atomic E-state index is 0.0178. The van der Waals surface area contributed by atoms with Crippen molar-refractivity contribution >= 4 is 55.6 Å². The summed E-state index contributed by atoms with van der Waals surface area (Å²) in [5.41, 5.74) is 1.57. The van der Waals surface area contributed by atoms with E-state index in [1.54, 1.807) is 36.5 Å². The highest BCUT2D eigenvalue weighted by molar-refractivity contribution is 9.10. The van der Waals surface area contributed by atoms with Crippen molar-refractivity contribution in [2.45, 2.75) is 26.4 Å². The first-order valence-electron chi connectivity index (χ1n) is 11.2. The zero-order chi connectivity index (χ0) is 24.5. The lowest BCUT2D eigenvalue weighted by molar-refractivity contribution is 0.215. The van der Waals surface area contributed by atoms with E-state index in [2.05, 4.69) is 21.0 Å². The molecule has 2 heterocycles. The molecule has 5 rings (SSSR count). The predicted octanol–water partition coefficient (Wildman–Crippen LogP) is 7.29. The highest BCUT2D eigenvalue weighted by Crippen LogP contribution is 2.33. The second-order valence-corrected chi connectivity index (χ2v) is 9.40. The van der Waals surface area contributed by atoms with Crippen molar-refractivity contribution in [2.75, 3.05) is 0 Å². The van der Waals surface area contributed by atoms with Gasteiger partial charge in [0.25, 0.3) is 5.56 Å². The number of aromatic nitrogens is 2. The number of hydrogen-bond acceptors (Lipinski definition) is 5. The van der Waals surface area contributed by atoms with Gasteiger partial charge in [0.05, 0.1) is 27.7 Å². The van der Waals surface area contributed by atoms with Crippen molar-refractivity contribution in [2.24, 2.45) is 5.10 Å². The van der Waals surface area contributed by atoms with Crippen molar-refractivity contribution in [3.8, 4) is 17.3 Å². The van der Waals surface area contributed by atoms with Crippen LogP contribution in [0.2, 0.25) is 5.02 Å². The fraction of sp³-hybridized carbons (Fsp3) is 0.148. The average molecular weight is 551 g/mol. The van der Waals surface area contributed by atoms with Gasteiger partial charge in [0.1, 0.15) is 11.3 Å². The number of halogens is 2. The van der Waals surface area contributed by atoms with E-state index < -0.39 is 0 Å². The Labute approximate surface area is 214 Å². The molecule has 0 saturated carbocycles. The van der Waals surface area contributed by atoms with E-state index >= 15 is 0 Å². The highest BCUT2D eigenvalue weighted by atomic mass is 79.9. The average Bonchev–Trinajstić information content (AvgIpc) is 3.29. The van der Waals surface area contributed by atoms with Crippen LogP contribution in [0.25, 0.3) is 33.5 Å². The number of furan rings is 1. The quantitative estimate of drug-likeness (QED) is 0.208. The summed E-state index contributed by atoms with van der Waals surface area (Å²) in [6.45, 7) is 4.03. The van der Waals surface area contributed by atoms with Gasteiger partial charge in [-0.2, -0.15) is 9.78 Å². The molecule has 1 atom stereocenters. The van der Waals surface area contributed by atoms with Crippen molar-refractivity contribution in [1.82, 2.24) is 9.66 Å². The summed E-state index contributed by atoms with van der Waals surface area (Å²) < 4.78 is 14.1. The zero-order valence-electron chi connectivity index (χ0n) is 19.0. The Morgan fingerprint density at radius 3 is 2.74 bits per heavy atom. The van der Waals surface area contributed by atoms with Crippen LogP contribution in [0.3, 0.4) is 0 Å². The number of hydrogen-bond donors (Lipinski definition) is 0. The first kappa shape index (κ1) is 23.3.